The SMILES string of the molecule is CCC(CC)=C(Br)C=N. The van der Waals surface area contributed by atoms with Crippen LogP contribution in [0.2, 0.25) is 0 Å². The van der Waals surface area contributed by atoms with Crippen LogP contribution in [0.3, 0.4) is 0 Å². The molecule has 0 aromatic carbocycles. The highest BCUT2D eigenvalue weighted by Crippen LogP contribution is 2.15. The highest BCUT2D eigenvalue weighted by molar-refractivity contribution is 9.12. The van der Waals surface area contributed by atoms with Gasteiger partial charge in [-0.2, -0.15) is 0 Å². The second-order valence-corrected chi connectivity index (χ2v) is 2.66. The number of hydrogen-bond acceptors (Lipinski definition) is 1. The molecule has 9 heavy (non-hydrogen) atoms. The summed E-state index contributed by atoms with van der Waals surface area (Å²) < 4.78 is 0.938. The zero-order chi connectivity index (χ0) is 7.28. The smallest absolute Gasteiger partial charge is 0.0342 e. The van der Waals surface area contributed by atoms with Crippen LogP contribution >= 0.6 is 15.9 Å². The summed E-state index contributed by atoms with van der Waals surface area (Å²) in [7, 11) is 0. The maximum absolute atomic E-state index is 6.92. The molecular weight excluding hydrogens is 178 g/mol. The lowest BCUT2D eigenvalue weighted by Gasteiger charge is -1.99. The molecule has 0 amide bonds. The third-order valence-corrected chi connectivity index (χ3v) is 2.11. The van der Waals surface area contributed by atoms with E-state index in [4.69, 9.17) is 5.41 Å². The van der Waals surface area contributed by atoms with Crippen molar-refractivity contribution in [3.8, 4) is 0 Å². The van der Waals surface area contributed by atoms with Crippen molar-refractivity contribution < 1.29 is 0 Å². The van der Waals surface area contributed by atoms with E-state index in [0.717, 1.165) is 17.3 Å². The molecule has 0 radical (unpaired) electrons. The minimum atomic E-state index is 0.938. The van der Waals surface area contributed by atoms with Crippen LogP contribution in [0.1, 0.15) is 26.7 Å². The Morgan fingerprint density at radius 3 is 2.00 bits per heavy atom. The molecule has 1 N–H and O–H groups in total. The van der Waals surface area contributed by atoms with Gasteiger partial charge in [-0.25, -0.2) is 0 Å². The second kappa shape index (κ2) is 4.74. The van der Waals surface area contributed by atoms with E-state index in [2.05, 4.69) is 29.8 Å². The summed E-state index contributed by atoms with van der Waals surface area (Å²) in [6.45, 7) is 4.20. The molecule has 0 aliphatic rings. The van der Waals surface area contributed by atoms with E-state index in [1.807, 2.05) is 0 Å². The second-order valence-electron chi connectivity index (χ2n) is 1.80. The average molecular weight is 190 g/mol. The van der Waals surface area contributed by atoms with Crippen molar-refractivity contribution in [1.82, 2.24) is 0 Å². The van der Waals surface area contributed by atoms with Gasteiger partial charge in [0.05, 0.1) is 0 Å². The molecule has 0 aromatic heterocycles. The summed E-state index contributed by atoms with van der Waals surface area (Å²) in [4.78, 5) is 0. The van der Waals surface area contributed by atoms with Gasteiger partial charge in [-0.15, -0.1) is 0 Å². The first-order chi connectivity index (χ1) is 4.26. The molecule has 0 saturated heterocycles. The monoisotopic (exact) mass is 189 g/mol. The van der Waals surface area contributed by atoms with E-state index in [1.54, 1.807) is 0 Å². The van der Waals surface area contributed by atoms with Crippen LogP contribution in [0, 0.1) is 5.41 Å². The maximum Gasteiger partial charge on any atom is 0.0342 e. The summed E-state index contributed by atoms with van der Waals surface area (Å²) in [6.07, 6.45) is 3.42. The van der Waals surface area contributed by atoms with Crippen LogP contribution in [0.15, 0.2) is 10.1 Å². The molecule has 0 aliphatic heterocycles. The largest absolute Gasteiger partial charge is 0.308 e. The van der Waals surface area contributed by atoms with Gasteiger partial charge in [-0.05, 0) is 28.8 Å². The highest BCUT2D eigenvalue weighted by atomic mass is 79.9. The minimum Gasteiger partial charge on any atom is -0.308 e. The summed E-state index contributed by atoms with van der Waals surface area (Å²) in [6, 6.07) is 0. The van der Waals surface area contributed by atoms with Crippen molar-refractivity contribution in [3.05, 3.63) is 10.1 Å². The van der Waals surface area contributed by atoms with Crippen molar-refractivity contribution in [1.29, 1.82) is 5.41 Å². The lowest BCUT2D eigenvalue weighted by molar-refractivity contribution is 0.978. The Morgan fingerprint density at radius 2 is 1.89 bits per heavy atom. The molecule has 1 nitrogen and oxygen atoms in total. The van der Waals surface area contributed by atoms with E-state index in [0.29, 0.717) is 0 Å². The molecule has 0 bridgehead atoms. The third kappa shape index (κ3) is 2.80. The molecule has 0 unspecified atom stereocenters. The maximum atomic E-state index is 6.92. The van der Waals surface area contributed by atoms with E-state index in [-0.39, 0.29) is 0 Å². The van der Waals surface area contributed by atoms with Crippen LogP contribution in [0.5, 0.6) is 0 Å². The number of nitrogens with one attached hydrogen (secondary N) is 1. The van der Waals surface area contributed by atoms with E-state index >= 15 is 0 Å². The van der Waals surface area contributed by atoms with Crippen molar-refractivity contribution in [3.63, 3.8) is 0 Å². The van der Waals surface area contributed by atoms with Gasteiger partial charge in [-0.1, -0.05) is 19.4 Å². The van der Waals surface area contributed by atoms with Crippen molar-refractivity contribution in [2.24, 2.45) is 0 Å². The Bertz CT molecular complexity index is 121. The molecule has 2 heteroatoms. The predicted molar refractivity (Wildman–Crippen MR) is 45.3 cm³/mol. The van der Waals surface area contributed by atoms with Crippen LogP contribution < -0.4 is 0 Å². The molecule has 0 rings (SSSR count). The van der Waals surface area contributed by atoms with Gasteiger partial charge in [0.1, 0.15) is 0 Å². The normalized spacial score (nSPS) is 8.78. The molecule has 0 aromatic rings. The lowest BCUT2D eigenvalue weighted by Crippen LogP contribution is -1.82. The minimum absolute atomic E-state index is 0.938. The average Bonchev–Trinajstić information content (AvgIpc) is 1.90. The Labute approximate surface area is 64.8 Å². The highest BCUT2D eigenvalue weighted by Gasteiger charge is 1.94. The standard InChI is InChI=1S/C7H12BrN/c1-3-6(4-2)7(8)5-9/h5,9H,3-4H2,1-2H3. The van der Waals surface area contributed by atoms with E-state index < -0.39 is 0 Å². The van der Waals surface area contributed by atoms with Crippen LogP contribution in [-0.2, 0) is 0 Å². The number of halogens is 1. The molecule has 0 aliphatic carbocycles. The fourth-order valence-corrected chi connectivity index (χ4v) is 1.25. The van der Waals surface area contributed by atoms with Crippen LogP contribution in [0.25, 0.3) is 0 Å². The third-order valence-electron chi connectivity index (χ3n) is 1.32. The molecular formula is C7H12BrN. The number of allylic oxidation sites excluding steroid dienone is 2. The fourth-order valence-electron chi connectivity index (χ4n) is 0.690. The summed E-state index contributed by atoms with van der Waals surface area (Å²) in [5.74, 6) is 0. The predicted octanol–water partition coefficient (Wildman–Crippen LogP) is 3.10. The first-order valence-electron chi connectivity index (χ1n) is 3.14. The summed E-state index contributed by atoms with van der Waals surface area (Å²) in [5, 5.41) is 6.92. The van der Waals surface area contributed by atoms with Gasteiger partial charge in [0.2, 0.25) is 0 Å². The van der Waals surface area contributed by atoms with Gasteiger partial charge in [0, 0.05) is 10.7 Å². The van der Waals surface area contributed by atoms with E-state index in [1.165, 1.54) is 11.8 Å². The van der Waals surface area contributed by atoms with Crippen molar-refractivity contribution in [2.45, 2.75) is 26.7 Å². The van der Waals surface area contributed by atoms with Crippen LogP contribution in [0.4, 0.5) is 0 Å². The van der Waals surface area contributed by atoms with Crippen LogP contribution in [-0.4, -0.2) is 6.21 Å². The first-order valence-corrected chi connectivity index (χ1v) is 3.93. The lowest BCUT2D eigenvalue weighted by atomic mass is 10.1. The van der Waals surface area contributed by atoms with Gasteiger partial charge in [-0.3, -0.25) is 0 Å². The quantitative estimate of drug-likeness (QED) is 0.661. The van der Waals surface area contributed by atoms with Gasteiger partial charge >= 0.3 is 0 Å². The number of rotatable bonds is 3. The zero-order valence-corrected chi connectivity index (χ0v) is 7.46. The fraction of sp³-hybridized carbons (Fsp3) is 0.571. The first kappa shape index (κ1) is 8.89. The summed E-state index contributed by atoms with van der Waals surface area (Å²) in [5.41, 5.74) is 1.31. The Morgan fingerprint density at radius 1 is 1.44 bits per heavy atom. The van der Waals surface area contributed by atoms with Gasteiger partial charge in [0.15, 0.2) is 0 Å². The molecule has 0 saturated carbocycles. The van der Waals surface area contributed by atoms with E-state index in [9.17, 15) is 0 Å². The molecule has 0 fully saturated rings. The summed E-state index contributed by atoms with van der Waals surface area (Å²) >= 11 is 3.30. The Balaban J connectivity index is 4.17. The van der Waals surface area contributed by atoms with Crippen molar-refractivity contribution in [2.75, 3.05) is 0 Å². The van der Waals surface area contributed by atoms with Gasteiger partial charge < -0.3 is 5.41 Å². The van der Waals surface area contributed by atoms with Crippen molar-refractivity contribution >= 4 is 22.1 Å². The molecule has 0 atom stereocenters. The Hall–Kier alpha value is -0.110. The molecule has 0 heterocycles. The molecule has 52 valence electrons. The van der Waals surface area contributed by atoms with Gasteiger partial charge in [0.25, 0.3) is 0 Å². The Kier molecular flexibility index (Phi) is 4.68. The topological polar surface area (TPSA) is 23.9 Å². The molecule has 0 spiro atoms. The zero-order valence-electron chi connectivity index (χ0n) is 5.87. The number of hydrogen-bond donors (Lipinski definition) is 1.